The number of fused-ring (bicyclic) bond motifs is 1. The third-order valence-corrected chi connectivity index (χ3v) is 4.92. The van der Waals surface area contributed by atoms with Crippen molar-refractivity contribution < 1.29 is 5.11 Å². The second-order valence-corrected chi connectivity index (χ2v) is 6.32. The third kappa shape index (κ3) is 2.78. The van der Waals surface area contributed by atoms with Crippen LogP contribution in [0.3, 0.4) is 0 Å². The fourth-order valence-corrected chi connectivity index (χ4v) is 3.79. The number of aromatic hydroxyl groups is 1. The number of phenols is 1. The van der Waals surface area contributed by atoms with Crippen molar-refractivity contribution in [3.63, 3.8) is 0 Å². The number of halogens is 1. The molecule has 0 saturated heterocycles. The van der Waals surface area contributed by atoms with Gasteiger partial charge in [-0.3, -0.25) is 0 Å². The highest BCUT2D eigenvalue weighted by molar-refractivity contribution is 7.10. The van der Waals surface area contributed by atoms with Gasteiger partial charge in [0.1, 0.15) is 5.75 Å². The Morgan fingerprint density at radius 2 is 2.26 bits per heavy atom. The summed E-state index contributed by atoms with van der Waals surface area (Å²) in [6.45, 7) is 0.778. The van der Waals surface area contributed by atoms with Crippen LogP contribution in [0.5, 0.6) is 5.75 Å². The number of thiophene rings is 1. The van der Waals surface area contributed by atoms with Gasteiger partial charge in [0.2, 0.25) is 0 Å². The molecule has 1 atom stereocenters. The Kier molecular flexibility index (Phi) is 3.78. The van der Waals surface area contributed by atoms with E-state index in [0.29, 0.717) is 11.1 Å². The van der Waals surface area contributed by atoms with Crippen LogP contribution < -0.4 is 5.32 Å². The summed E-state index contributed by atoms with van der Waals surface area (Å²) >= 11 is 7.78. The summed E-state index contributed by atoms with van der Waals surface area (Å²) < 4.78 is 0. The smallest absolute Gasteiger partial charge is 0.134 e. The van der Waals surface area contributed by atoms with E-state index < -0.39 is 0 Å². The van der Waals surface area contributed by atoms with Crippen LogP contribution >= 0.6 is 22.9 Å². The first-order valence-corrected chi connectivity index (χ1v) is 7.77. The van der Waals surface area contributed by atoms with E-state index in [4.69, 9.17) is 11.6 Å². The molecule has 2 nitrogen and oxygen atoms in total. The van der Waals surface area contributed by atoms with Crippen molar-refractivity contribution in [2.24, 2.45) is 0 Å². The van der Waals surface area contributed by atoms with E-state index in [-0.39, 0.29) is 5.75 Å². The van der Waals surface area contributed by atoms with E-state index in [9.17, 15) is 5.11 Å². The molecule has 4 heteroatoms. The lowest BCUT2D eigenvalue weighted by Gasteiger charge is -2.24. The van der Waals surface area contributed by atoms with Gasteiger partial charge in [-0.25, -0.2) is 0 Å². The van der Waals surface area contributed by atoms with Crippen molar-refractivity contribution in [2.75, 3.05) is 0 Å². The first-order valence-electron chi connectivity index (χ1n) is 6.51. The molecule has 0 spiro atoms. The Morgan fingerprint density at radius 1 is 1.37 bits per heavy atom. The average Bonchev–Trinajstić information content (AvgIpc) is 2.89. The molecule has 0 amide bonds. The minimum Gasteiger partial charge on any atom is -0.506 e. The van der Waals surface area contributed by atoms with E-state index in [1.807, 2.05) is 23.5 Å². The Labute approximate surface area is 122 Å². The number of nitrogens with one attached hydrogen (secondary N) is 1. The van der Waals surface area contributed by atoms with Crippen molar-refractivity contribution in [2.45, 2.75) is 31.8 Å². The molecule has 1 aromatic heterocycles. The normalized spacial score (nSPS) is 18.3. The van der Waals surface area contributed by atoms with E-state index >= 15 is 0 Å². The van der Waals surface area contributed by atoms with Gasteiger partial charge < -0.3 is 10.4 Å². The molecule has 0 bridgehead atoms. The fourth-order valence-electron chi connectivity index (χ4n) is 2.60. The molecular weight excluding hydrogens is 278 g/mol. The van der Waals surface area contributed by atoms with Gasteiger partial charge in [-0.05, 0) is 54.0 Å². The summed E-state index contributed by atoms with van der Waals surface area (Å²) in [5.74, 6) is 0.142. The largest absolute Gasteiger partial charge is 0.506 e. The second-order valence-electron chi connectivity index (χ2n) is 4.91. The number of hydrogen-bond acceptors (Lipinski definition) is 3. The summed E-state index contributed by atoms with van der Waals surface area (Å²) in [6.07, 6.45) is 3.66. The molecule has 1 aliphatic carbocycles. The number of phenolic OH excluding ortho intramolecular Hbond substituents is 1. The summed E-state index contributed by atoms with van der Waals surface area (Å²) in [6, 6.07) is 8.06. The maximum absolute atomic E-state index is 9.41. The minimum absolute atomic E-state index is 0.142. The van der Waals surface area contributed by atoms with Gasteiger partial charge in [0.05, 0.1) is 5.02 Å². The van der Waals surface area contributed by atoms with Crippen molar-refractivity contribution in [1.82, 2.24) is 5.32 Å². The van der Waals surface area contributed by atoms with Crippen molar-refractivity contribution in [3.05, 3.63) is 50.7 Å². The van der Waals surface area contributed by atoms with Crippen LogP contribution in [-0.2, 0) is 13.0 Å². The standard InChI is InChI=1S/C15H16ClNOS/c16-12-8-10(4-5-14(12)18)9-17-13-2-1-3-15-11(13)6-7-19-15/h4-8,13,17-18H,1-3,9H2. The van der Waals surface area contributed by atoms with Crippen LogP contribution in [0.1, 0.15) is 34.9 Å². The zero-order chi connectivity index (χ0) is 13.2. The molecule has 19 heavy (non-hydrogen) atoms. The minimum atomic E-state index is 0.142. The highest BCUT2D eigenvalue weighted by Gasteiger charge is 2.20. The van der Waals surface area contributed by atoms with Gasteiger partial charge in [-0.15, -0.1) is 11.3 Å². The molecule has 100 valence electrons. The second kappa shape index (κ2) is 5.53. The van der Waals surface area contributed by atoms with E-state index in [1.165, 1.54) is 29.7 Å². The Bertz CT molecular complexity index is 581. The average molecular weight is 294 g/mol. The molecule has 0 aliphatic heterocycles. The van der Waals surface area contributed by atoms with Gasteiger partial charge >= 0.3 is 0 Å². The Balaban J connectivity index is 1.69. The Hall–Kier alpha value is -1.03. The van der Waals surface area contributed by atoms with Crippen molar-refractivity contribution in [3.8, 4) is 5.75 Å². The predicted octanol–water partition coefficient (Wildman–Crippen LogP) is 4.27. The van der Waals surface area contributed by atoms with E-state index in [2.05, 4.69) is 16.8 Å². The maximum atomic E-state index is 9.41. The van der Waals surface area contributed by atoms with Crippen LogP contribution in [-0.4, -0.2) is 5.11 Å². The van der Waals surface area contributed by atoms with Crippen LogP contribution in [0.25, 0.3) is 0 Å². The first-order chi connectivity index (χ1) is 9.24. The molecule has 1 heterocycles. The summed E-state index contributed by atoms with van der Waals surface area (Å²) in [5, 5.41) is 15.6. The summed E-state index contributed by atoms with van der Waals surface area (Å²) in [4.78, 5) is 1.52. The van der Waals surface area contributed by atoms with E-state index in [0.717, 1.165) is 12.1 Å². The molecule has 0 radical (unpaired) electrons. The van der Waals surface area contributed by atoms with Gasteiger partial charge in [0.25, 0.3) is 0 Å². The van der Waals surface area contributed by atoms with Crippen LogP contribution in [0.4, 0.5) is 0 Å². The highest BCUT2D eigenvalue weighted by Crippen LogP contribution is 2.33. The number of hydrogen-bond donors (Lipinski definition) is 2. The first kappa shape index (κ1) is 13.0. The van der Waals surface area contributed by atoms with Crippen molar-refractivity contribution in [1.29, 1.82) is 0 Å². The maximum Gasteiger partial charge on any atom is 0.134 e. The molecule has 1 aromatic carbocycles. The molecule has 2 aromatic rings. The SMILES string of the molecule is Oc1ccc(CNC2CCCc3sccc32)cc1Cl. The summed E-state index contributed by atoms with van der Waals surface area (Å²) in [5.41, 5.74) is 2.56. The van der Waals surface area contributed by atoms with E-state index in [1.54, 1.807) is 6.07 Å². The highest BCUT2D eigenvalue weighted by atomic mass is 35.5. The van der Waals surface area contributed by atoms with Gasteiger partial charge in [-0.1, -0.05) is 17.7 Å². The lowest BCUT2D eigenvalue weighted by Crippen LogP contribution is -2.23. The van der Waals surface area contributed by atoms with Crippen LogP contribution in [0, 0.1) is 0 Å². The molecule has 1 unspecified atom stereocenters. The van der Waals surface area contributed by atoms with Gasteiger partial charge in [0, 0.05) is 17.5 Å². The molecular formula is C15H16ClNOS. The molecule has 1 aliphatic rings. The third-order valence-electron chi connectivity index (χ3n) is 3.62. The summed E-state index contributed by atoms with van der Waals surface area (Å²) in [7, 11) is 0. The Morgan fingerprint density at radius 3 is 3.11 bits per heavy atom. The lowest BCUT2D eigenvalue weighted by molar-refractivity contribution is 0.461. The molecule has 0 saturated carbocycles. The molecule has 3 rings (SSSR count). The fraction of sp³-hybridized carbons (Fsp3) is 0.333. The molecule has 2 N–H and O–H groups in total. The number of benzene rings is 1. The van der Waals surface area contributed by atoms with Crippen molar-refractivity contribution >= 4 is 22.9 Å². The monoisotopic (exact) mass is 293 g/mol. The zero-order valence-corrected chi connectivity index (χ0v) is 12.1. The quantitative estimate of drug-likeness (QED) is 0.885. The van der Waals surface area contributed by atoms with Gasteiger partial charge in [0.15, 0.2) is 0 Å². The molecule has 0 fully saturated rings. The van der Waals surface area contributed by atoms with Crippen LogP contribution in [0.2, 0.25) is 5.02 Å². The number of aryl methyl sites for hydroxylation is 1. The predicted molar refractivity (Wildman–Crippen MR) is 80.0 cm³/mol. The number of rotatable bonds is 3. The van der Waals surface area contributed by atoms with Crippen LogP contribution in [0.15, 0.2) is 29.6 Å². The lowest BCUT2D eigenvalue weighted by atomic mass is 9.94. The zero-order valence-electron chi connectivity index (χ0n) is 10.5. The topological polar surface area (TPSA) is 32.3 Å². The van der Waals surface area contributed by atoms with Gasteiger partial charge in [-0.2, -0.15) is 0 Å².